The molecule has 0 saturated carbocycles. The highest BCUT2D eigenvalue weighted by Crippen LogP contribution is 2.35. The van der Waals surface area contributed by atoms with Crippen molar-refractivity contribution in [3.05, 3.63) is 38.0 Å². The van der Waals surface area contributed by atoms with E-state index in [4.69, 9.17) is 0 Å². The second-order valence-corrected chi connectivity index (χ2v) is 7.69. The van der Waals surface area contributed by atoms with Crippen LogP contribution in [-0.4, -0.2) is 22.5 Å². The summed E-state index contributed by atoms with van der Waals surface area (Å²) >= 11 is 3.42. The highest BCUT2D eigenvalue weighted by Gasteiger charge is 2.31. The molecule has 0 unspecified atom stereocenters. The summed E-state index contributed by atoms with van der Waals surface area (Å²) in [4.78, 5) is 20.6. The molecule has 0 spiro atoms. The maximum Gasteiger partial charge on any atom is 0.318 e. The van der Waals surface area contributed by atoms with E-state index in [0.717, 1.165) is 30.1 Å². The summed E-state index contributed by atoms with van der Waals surface area (Å²) in [6.07, 6.45) is 1.91. The minimum Gasteiger partial charge on any atom is -0.330 e. The van der Waals surface area contributed by atoms with Gasteiger partial charge in [0, 0.05) is 16.8 Å². The van der Waals surface area contributed by atoms with Crippen molar-refractivity contribution in [1.82, 2.24) is 15.2 Å². The molecule has 2 amide bonds. The molecule has 1 aliphatic heterocycles. The molecular formula is C16H21N3OS2. The van der Waals surface area contributed by atoms with E-state index in [1.165, 1.54) is 10.4 Å². The van der Waals surface area contributed by atoms with E-state index in [0.29, 0.717) is 0 Å². The monoisotopic (exact) mass is 335 g/mol. The Labute approximate surface area is 139 Å². The van der Waals surface area contributed by atoms with E-state index in [2.05, 4.69) is 28.7 Å². The normalized spacial score (nSPS) is 18.9. The molecule has 1 N–H and O–H groups in total. The van der Waals surface area contributed by atoms with Crippen LogP contribution < -0.4 is 5.32 Å². The van der Waals surface area contributed by atoms with Gasteiger partial charge in [-0.05, 0) is 43.7 Å². The van der Waals surface area contributed by atoms with Crippen LogP contribution in [0.15, 0.2) is 16.8 Å². The topological polar surface area (TPSA) is 45.2 Å². The Morgan fingerprint density at radius 2 is 2.36 bits per heavy atom. The number of thiophene rings is 1. The number of aromatic nitrogens is 1. The SMILES string of the molecule is CC[C@@H]1c2ccsc2CCN1C(=O)N[C@@H](C)c1csc(C)n1. The molecule has 0 radical (unpaired) electrons. The van der Waals surface area contributed by atoms with Crippen LogP contribution in [0.5, 0.6) is 0 Å². The number of fused-ring (bicyclic) bond motifs is 1. The minimum atomic E-state index is -0.0566. The Morgan fingerprint density at radius 1 is 1.55 bits per heavy atom. The Bertz CT molecular complexity index is 664. The summed E-state index contributed by atoms with van der Waals surface area (Å²) in [6, 6.07) is 2.32. The summed E-state index contributed by atoms with van der Waals surface area (Å²) in [5, 5.41) is 8.28. The molecule has 0 bridgehead atoms. The smallest absolute Gasteiger partial charge is 0.318 e. The first-order valence-corrected chi connectivity index (χ1v) is 9.41. The Morgan fingerprint density at radius 3 is 3.05 bits per heavy atom. The lowest BCUT2D eigenvalue weighted by Gasteiger charge is -2.36. The van der Waals surface area contributed by atoms with Gasteiger partial charge in [0.2, 0.25) is 0 Å². The van der Waals surface area contributed by atoms with Crippen molar-refractivity contribution in [1.29, 1.82) is 0 Å². The molecule has 22 heavy (non-hydrogen) atoms. The van der Waals surface area contributed by atoms with E-state index in [-0.39, 0.29) is 18.1 Å². The largest absolute Gasteiger partial charge is 0.330 e. The van der Waals surface area contributed by atoms with E-state index >= 15 is 0 Å². The van der Waals surface area contributed by atoms with Gasteiger partial charge in [-0.15, -0.1) is 22.7 Å². The van der Waals surface area contributed by atoms with Crippen molar-refractivity contribution in [2.75, 3.05) is 6.54 Å². The molecular weight excluding hydrogens is 314 g/mol. The quantitative estimate of drug-likeness (QED) is 0.909. The average molecular weight is 335 g/mol. The standard InChI is InChI=1S/C16H21N3OS2/c1-4-14-12-6-8-21-15(12)5-7-19(14)16(20)17-10(2)13-9-22-11(3)18-13/h6,8-10,14H,4-5,7H2,1-3H3,(H,17,20)/t10-,14+/m0/s1. The van der Waals surface area contributed by atoms with Gasteiger partial charge in [0.25, 0.3) is 0 Å². The predicted molar refractivity (Wildman–Crippen MR) is 91.6 cm³/mol. The molecule has 4 nitrogen and oxygen atoms in total. The minimum absolute atomic E-state index is 0.0156. The van der Waals surface area contributed by atoms with Crippen LogP contribution in [0.2, 0.25) is 0 Å². The van der Waals surface area contributed by atoms with Crippen molar-refractivity contribution in [2.45, 2.75) is 45.7 Å². The molecule has 0 aromatic carbocycles. The van der Waals surface area contributed by atoms with Crippen LogP contribution in [0.3, 0.4) is 0 Å². The van der Waals surface area contributed by atoms with Crippen molar-refractivity contribution < 1.29 is 4.79 Å². The molecule has 2 aromatic rings. The number of aryl methyl sites for hydroxylation is 1. The maximum absolute atomic E-state index is 12.7. The van der Waals surface area contributed by atoms with E-state index in [1.54, 1.807) is 22.7 Å². The van der Waals surface area contributed by atoms with Crippen molar-refractivity contribution in [3.63, 3.8) is 0 Å². The van der Waals surface area contributed by atoms with Gasteiger partial charge in [-0.3, -0.25) is 0 Å². The number of carbonyl (C=O) groups is 1. The Hall–Kier alpha value is -1.40. The third-order valence-corrected chi connectivity index (χ3v) is 5.95. The van der Waals surface area contributed by atoms with Gasteiger partial charge in [-0.2, -0.15) is 0 Å². The number of nitrogens with one attached hydrogen (secondary N) is 1. The average Bonchev–Trinajstić information content (AvgIpc) is 3.14. The fourth-order valence-corrected chi connectivity index (χ4v) is 4.64. The number of thiazole rings is 1. The second-order valence-electron chi connectivity index (χ2n) is 5.63. The predicted octanol–water partition coefficient (Wildman–Crippen LogP) is 4.29. The van der Waals surface area contributed by atoms with Crippen LogP contribution in [0, 0.1) is 6.92 Å². The van der Waals surface area contributed by atoms with Gasteiger partial charge in [-0.25, -0.2) is 9.78 Å². The van der Waals surface area contributed by atoms with E-state index < -0.39 is 0 Å². The number of urea groups is 1. The first kappa shape index (κ1) is 15.5. The molecule has 0 aliphatic carbocycles. The number of hydrogen-bond donors (Lipinski definition) is 1. The molecule has 2 aromatic heterocycles. The highest BCUT2D eigenvalue weighted by atomic mass is 32.1. The van der Waals surface area contributed by atoms with Gasteiger partial charge in [0.15, 0.2) is 0 Å². The maximum atomic E-state index is 12.7. The number of rotatable bonds is 3. The molecule has 118 valence electrons. The summed E-state index contributed by atoms with van der Waals surface area (Å²) in [5.41, 5.74) is 2.27. The lowest BCUT2D eigenvalue weighted by Crippen LogP contribution is -2.45. The second kappa shape index (κ2) is 6.38. The number of nitrogens with zero attached hydrogens (tertiary/aromatic N) is 2. The lowest BCUT2D eigenvalue weighted by molar-refractivity contribution is 0.165. The van der Waals surface area contributed by atoms with Crippen LogP contribution in [0.1, 0.15) is 53.5 Å². The highest BCUT2D eigenvalue weighted by molar-refractivity contribution is 7.10. The first-order chi connectivity index (χ1) is 10.6. The summed E-state index contributed by atoms with van der Waals surface area (Å²) in [5.74, 6) is 0. The molecule has 1 aliphatic rings. The number of carbonyl (C=O) groups excluding carboxylic acids is 1. The summed E-state index contributed by atoms with van der Waals surface area (Å²) in [7, 11) is 0. The summed E-state index contributed by atoms with van der Waals surface area (Å²) in [6.45, 7) is 6.91. The lowest BCUT2D eigenvalue weighted by atomic mass is 9.98. The van der Waals surface area contributed by atoms with Crippen LogP contribution in [-0.2, 0) is 6.42 Å². The molecule has 6 heteroatoms. The fourth-order valence-electron chi connectivity index (χ4n) is 3.00. The van der Waals surface area contributed by atoms with Crippen molar-refractivity contribution in [3.8, 4) is 0 Å². The third kappa shape index (κ3) is 2.90. The molecule has 3 heterocycles. The van der Waals surface area contributed by atoms with Crippen LogP contribution >= 0.6 is 22.7 Å². The number of hydrogen-bond acceptors (Lipinski definition) is 4. The van der Waals surface area contributed by atoms with E-state index in [9.17, 15) is 4.79 Å². The molecule has 0 saturated heterocycles. The first-order valence-electron chi connectivity index (χ1n) is 7.65. The zero-order valence-electron chi connectivity index (χ0n) is 13.1. The summed E-state index contributed by atoms with van der Waals surface area (Å²) < 4.78 is 0. The fraction of sp³-hybridized carbons (Fsp3) is 0.500. The van der Waals surface area contributed by atoms with Crippen molar-refractivity contribution in [2.24, 2.45) is 0 Å². The van der Waals surface area contributed by atoms with Crippen LogP contribution in [0.4, 0.5) is 4.79 Å². The van der Waals surface area contributed by atoms with Crippen molar-refractivity contribution >= 4 is 28.7 Å². The van der Waals surface area contributed by atoms with Crippen LogP contribution in [0.25, 0.3) is 0 Å². The number of amides is 2. The molecule has 0 fully saturated rings. The Kier molecular flexibility index (Phi) is 4.49. The van der Waals surface area contributed by atoms with Gasteiger partial charge in [0.1, 0.15) is 0 Å². The zero-order chi connectivity index (χ0) is 15.7. The Balaban J connectivity index is 1.72. The van der Waals surface area contributed by atoms with Gasteiger partial charge in [0.05, 0.1) is 22.8 Å². The third-order valence-electron chi connectivity index (χ3n) is 4.16. The van der Waals surface area contributed by atoms with Gasteiger partial charge < -0.3 is 10.2 Å². The molecule has 2 atom stereocenters. The van der Waals surface area contributed by atoms with Gasteiger partial charge in [-0.1, -0.05) is 6.92 Å². The molecule has 3 rings (SSSR count). The van der Waals surface area contributed by atoms with E-state index in [1.807, 2.05) is 24.1 Å². The zero-order valence-corrected chi connectivity index (χ0v) is 14.8. The van der Waals surface area contributed by atoms with Gasteiger partial charge >= 0.3 is 6.03 Å².